The van der Waals surface area contributed by atoms with Gasteiger partial charge in [0.25, 0.3) is 0 Å². The summed E-state index contributed by atoms with van der Waals surface area (Å²) in [5, 5.41) is 9.72. The van der Waals surface area contributed by atoms with Crippen LogP contribution in [0.3, 0.4) is 0 Å². The van der Waals surface area contributed by atoms with Gasteiger partial charge in [0.1, 0.15) is 34.4 Å². The Balaban J connectivity index is 1.58. The summed E-state index contributed by atoms with van der Waals surface area (Å²) in [5.74, 6) is 3.06. The highest BCUT2D eigenvalue weighted by molar-refractivity contribution is 6.27. The number of hydrogen-bond acceptors (Lipinski definition) is 6. The number of nitrogens with zero attached hydrogens (tertiary/aromatic N) is 2. The molecule has 2 aliphatic carbocycles. The van der Waals surface area contributed by atoms with Crippen molar-refractivity contribution in [3.05, 3.63) is 95.1 Å². The summed E-state index contributed by atoms with van der Waals surface area (Å²) in [4.78, 5) is 0. The van der Waals surface area contributed by atoms with E-state index in [1.54, 1.807) is 28.4 Å². The van der Waals surface area contributed by atoms with Gasteiger partial charge in [0, 0.05) is 22.3 Å². The molecule has 36 heavy (non-hydrogen) atoms. The topological polar surface area (TPSA) is 61.6 Å². The van der Waals surface area contributed by atoms with Gasteiger partial charge in [-0.05, 0) is 95.1 Å². The Morgan fingerprint density at radius 2 is 0.611 bits per heavy atom. The Bertz CT molecular complexity index is 1360. The minimum absolute atomic E-state index is 0.764. The van der Waals surface area contributed by atoms with Crippen molar-refractivity contribution in [1.82, 2.24) is 0 Å². The molecule has 0 N–H and O–H groups in total. The van der Waals surface area contributed by atoms with Gasteiger partial charge >= 0.3 is 0 Å². The van der Waals surface area contributed by atoms with E-state index in [1.165, 1.54) is 0 Å². The van der Waals surface area contributed by atoms with Crippen molar-refractivity contribution in [1.29, 1.82) is 0 Å². The first-order valence-electron chi connectivity index (χ1n) is 11.5. The third kappa shape index (κ3) is 3.33. The number of rotatable bonds is 5. The van der Waals surface area contributed by atoms with Gasteiger partial charge in [-0.1, -0.05) is 0 Å². The fourth-order valence-electron chi connectivity index (χ4n) is 4.93. The summed E-state index contributed by atoms with van der Waals surface area (Å²) in [7, 11) is 6.65. The molecular formula is C30H24N2O4. The highest BCUT2D eigenvalue weighted by Crippen LogP contribution is 2.42. The van der Waals surface area contributed by atoms with Crippen molar-refractivity contribution in [2.45, 2.75) is 0 Å². The zero-order valence-electron chi connectivity index (χ0n) is 20.5. The molecule has 0 saturated carbocycles. The molecule has 0 atom stereocenters. The second kappa shape index (κ2) is 8.57. The van der Waals surface area contributed by atoms with E-state index >= 15 is 0 Å². The SMILES string of the molecule is COc1ccc2c(c1)C(=NN=C1c3cc(OC)ccc3-c3ccc(OC)cc31)c1cc(OC)ccc1-2. The monoisotopic (exact) mass is 476 g/mol. The van der Waals surface area contributed by atoms with Crippen LogP contribution in [-0.2, 0) is 0 Å². The van der Waals surface area contributed by atoms with Gasteiger partial charge in [0.15, 0.2) is 0 Å². The lowest BCUT2D eigenvalue weighted by Gasteiger charge is -2.06. The van der Waals surface area contributed by atoms with E-state index in [-0.39, 0.29) is 0 Å². The van der Waals surface area contributed by atoms with E-state index in [1.807, 2.05) is 48.5 Å². The second-order valence-corrected chi connectivity index (χ2v) is 8.54. The maximum atomic E-state index is 5.51. The van der Waals surface area contributed by atoms with Crippen LogP contribution in [0.1, 0.15) is 22.3 Å². The molecule has 4 aromatic carbocycles. The first-order valence-corrected chi connectivity index (χ1v) is 11.5. The third-order valence-corrected chi connectivity index (χ3v) is 6.76. The highest BCUT2D eigenvalue weighted by atomic mass is 16.5. The Morgan fingerprint density at radius 1 is 0.361 bits per heavy atom. The number of ether oxygens (including phenoxy) is 4. The molecule has 0 unspecified atom stereocenters. The zero-order chi connectivity index (χ0) is 24.8. The van der Waals surface area contributed by atoms with Crippen molar-refractivity contribution in [2.24, 2.45) is 10.2 Å². The lowest BCUT2D eigenvalue weighted by Crippen LogP contribution is -2.02. The van der Waals surface area contributed by atoms with Crippen LogP contribution in [0.2, 0.25) is 0 Å². The number of fused-ring (bicyclic) bond motifs is 6. The van der Waals surface area contributed by atoms with Crippen LogP contribution in [0, 0.1) is 0 Å². The maximum absolute atomic E-state index is 5.51. The quantitative estimate of drug-likeness (QED) is 0.288. The molecule has 178 valence electrons. The molecule has 6 rings (SSSR count). The van der Waals surface area contributed by atoms with E-state index < -0.39 is 0 Å². The van der Waals surface area contributed by atoms with E-state index in [0.29, 0.717) is 0 Å². The van der Waals surface area contributed by atoms with Crippen molar-refractivity contribution < 1.29 is 18.9 Å². The third-order valence-electron chi connectivity index (χ3n) is 6.76. The summed E-state index contributed by atoms with van der Waals surface area (Å²) < 4.78 is 22.0. The predicted octanol–water partition coefficient (Wildman–Crippen LogP) is 5.97. The second-order valence-electron chi connectivity index (χ2n) is 8.54. The van der Waals surface area contributed by atoms with Gasteiger partial charge in [0.05, 0.1) is 28.4 Å². The number of benzene rings is 4. The molecule has 6 heteroatoms. The molecule has 0 saturated heterocycles. The number of hydrogen-bond donors (Lipinski definition) is 0. The van der Waals surface area contributed by atoms with E-state index in [2.05, 4.69) is 24.3 Å². The minimum Gasteiger partial charge on any atom is -0.497 e. The zero-order valence-corrected chi connectivity index (χ0v) is 20.5. The summed E-state index contributed by atoms with van der Waals surface area (Å²) in [6.07, 6.45) is 0. The molecule has 0 bridgehead atoms. The smallest absolute Gasteiger partial charge is 0.119 e. The van der Waals surface area contributed by atoms with Crippen LogP contribution in [0.4, 0.5) is 0 Å². The highest BCUT2D eigenvalue weighted by Gasteiger charge is 2.29. The molecule has 6 nitrogen and oxygen atoms in total. The standard InChI is InChI=1S/C30H24N2O4/c1-33-17-5-9-21-22-10-6-18(34-2)14-26(22)29(25(21)13-17)31-32-30-27-15-19(35-3)7-11-23(27)24-12-8-20(36-4)16-28(24)30/h5-16H,1-4H3. The van der Waals surface area contributed by atoms with E-state index in [9.17, 15) is 0 Å². The van der Waals surface area contributed by atoms with Crippen molar-refractivity contribution in [3.8, 4) is 45.3 Å². The average molecular weight is 477 g/mol. The van der Waals surface area contributed by atoms with Gasteiger partial charge in [-0.15, -0.1) is 10.2 Å². The normalized spacial score (nSPS) is 12.3. The molecule has 0 spiro atoms. The van der Waals surface area contributed by atoms with Gasteiger partial charge in [-0.2, -0.15) is 0 Å². The lowest BCUT2D eigenvalue weighted by molar-refractivity contribution is 0.414. The fraction of sp³-hybridized carbons (Fsp3) is 0.133. The lowest BCUT2D eigenvalue weighted by atomic mass is 10.1. The molecule has 0 radical (unpaired) electrons. The molecule has 0 heterocycles. The van der Waals surface area contributed by atoms with Crippen LogP contribution < -0.4 is 18.9 Å². The van der Waals surface area contributed by atoms with Crippen LogP contribution in [0.15, 0.2) is 83.0 Å². The molecule has 4 aromatic rings. The van der Waals surface area contributed by atoms with Gasteiger partial charge in [-0.25, -0.2) is 0 Å². The fourth-order valence-corrected chi connectivity index (χ4v) is 4.93. The summed E-state index contributed by atoms with van der Waals surface area (Å²) in [6.45, 7) is 0. The molecule has 0 aliphatic heterocycles. The molecule has 2 aliphatic rings. The van der Waals surface area contributed by atoms with Crippen molar-refractivity contribution in [2.75, 3.05) is 28.4 Å². The summed E-state index contributed by atoms with van der Waals surface area (Å²) in [5.41, 5.74) is 9.76. The Hall–Kier alpha value is -4.58. The average Bonchev–Trinajstić information content (AvgIpc) is 3.41. The predicted molar refractivity (Wildman–Crippen MR) is 141 cm³/mol. The summed E-state index contributed by atoms with van der Waals surface area (Å²) >= 11 is 0. The molecule has 0 amide bonds. The van der Waals surface area contributed by atoms with Crippen molar-refractivity contribution in [3.63, 3.8) is 0 Å². The number of methoxy groups -OCH3 is 4. The molecular weight excluding hydrogens is 452 g/mol. The molecule has 0 fully saturated rings. The van der Waals surface area contributed by atoms with Crippen molar-refractivity contribution >= 4 is 11.4 Å². The van der Waals surface area contributed by atoms with Crippen LogP contribution in [0.25, 0.3) is 22.3 Å². The van der Waals surface area contributed by atoms with E-state index in [4.69, 9.17) is 29.2 Å². The Labute approximate surface area is 209 Å². The summed E-state index contributed by atoms with van der Waals surface area (Å²) in [6, 6.07) is 24.1. The molecule has 0 aromatic heterocycles. The Kier molecular flexibility index (Phi) is 5.22. The minimum atomic E-state index is 0.764. The van der Waals surface area contributed by atoms with Gasteiger partial charge in [0.2, 0.25) is 0 Å². The van der Waals surface area contributed by atoms with Gasteiger partial charge in [-0.3, -0.25) is 0 Å². The van der Waals surface area contributed by atoms with Gasteiger partial charge < -0.3 is 18.9 Å². The van der Waals surface area contributed by atoms with Crippen LogP contribution in [-0.4, -0.2) is 39.9 Å². The first kappa shape index (κ1) is 21.9. The van der Waals surface area contributed by atoms with Crippen LogP contribution in [0.5, 0.6) is 23.0 Å². The maximum Gasteiger partial charge on any atom is 0.119 e. The first-order chi connectivity index (χ1) is 17.6. The largest absolute Gasteiger partial charge is 0.497 e. The Morgan fingerprint density at radius 3 is 0.833 bits per heavy atom. The van der Waals surface area contributed by atoms with Crippen LogP contribution >= 0.6 is 0 Å². The van der Waals surface area contributed by atoms with E-state index in [0.717, 1.165) is 78.9 Å².